The van der Waals surface area contributed by atoms with Crippen molar-refractivity contribution in [2.24, 2.45) is 0 Å². The molecule has 1 amide bonds. The number of para-hydroxylation sites is 1. The fourth-order valence-corrected chi connectivity index (χ4v) is 3.75. The number of halogens is 1. The van der Waals surface area contributed by atoms with Crippen molar-refractivity contribution in [1.29, 1.82) is 5.26 Å². The lowest BCUT2D eigenvalue weighted by Gasteiger charge is -2.07. The van der Waals surface area contributed by atoms with Crippen molar-refractivity contribution >= 4 is 40.2 Å². The number of nitrogens with one attached hydrogen (secondary N) is 1. The summed E-state index contributed by atoms with van der Waals surface area (Å²) in [7, 11) is 0. The Morgan fingerprint density at radius 3 is 2.65 bits per heavy atom. The van der Waals surface area contributed by atoms with Gasteiger partial charge in [-0.15, -0.1) is 0 Å². The second kappa shape index (κ2) is 8.91. The SMILES string of the molecule is Cc1cccc(NC(=O)/C(C#N)=C/c2cn(Cc3ccccc3Cl)c3ccccc23)c1. The van der Waals surface area contributed by atoms with Crippen molar-refractivity contribution < 1.29 is 4.79 Å². The number of anilines is 1. The van der Waals surface area contributed by atoms with Crippen LogP contribution in [0.15, 0.2) is 84.6 Å². The van der Waals surface area contributed by atoms with Gasteiger partial charge >= 0.3 is 0 Å². The zero-order valence-electron chi connectivity index (χ0n) is 17.0. The van der Waals surface area contributed by atoms with Crippen LogP contribution in [0.2, 0.25) is 5.02 Å². The molecule has 0 saturated carbocycles. The summed E-state index contributed by atoms with van der Waals surface area (Å²) in [6.45, 7) is 2.54. The van der Waals surface area contributed by atoms with Crippen LogP contribution < -0.4 is 5.32 Å². The van der Waals surface area contributed by atoms with Crippen molar-refractivity contribution in [3.8, 4) is 6.07 Å². The maximum absolute atomic E-state index is 12.7. The van der Waals surface area contributed by atoms with Gasteiger partial charge in [-0.25, -0.2) is 0 Å². The monoisotopic (exact) mass is 425 g/mol. The minimum Gasteiger partial charge on any atom is -0.342 e. The Labute approximate surface area is 186 Å². The van der Waals surface area contributed by atoms with Crippen molar-refractivity contribution in [2.75, 3.05) is 5.32 Å². The number of carbonyl (C=O) groups excluding carboxylic acids is 1. The van der Waals surface area contributed by atoms with Crippen LogP contribution in [0.25, 0.3) is 17.0 Å². The second-order valence-corrected chi connectivity index (χ2v) is 7.72. The summed E-state index contributed by atoms with van der Waals surface area (Å²) in [6, 6.07) is 25.1. The number of benzene rings is 3. The van der Waals surface area contributed by atoms with E-state index in [1.54, 1.807) is 12.1 Å². The average molecular weight is 426 g/mol. The molecule has 152 valence electrons. The van der Waals surface area contributed by atoms with Gasteiger partial charge in [0.05, 0.1) is 0 Å². The molecule has 0 radical (unpaired) electrons. The van der Waals surface area contributed by atoms with E-state index in [1.807, 2.05) is 85.9 Å². The summed E-state index contributed by atoms with van der Waals surface area (Å²) < 4.78 is 2.08. The molecule has 4 aromatic rings. The van der Waals surface area contributed by atoms with Crippen LogP contribution in [0, 0.1) is 18.3 Å². The molecule has 0 aliphatic rings. The number of nitriles is 1. The van der Waals surface area contributed by atoms with E-state index < -0.39 is 5.91 Å². The first-order chi connectivity index (χ1) is 15.0. The third-order valence-corrected chi connectivity index (χ3v) is 5.43. The number of fused-ring (bicyclic) bond motifs is 1. The van der Waals surface area contributed by atoms with Crippen LogP contribution in [-0.4, -0.2) is 10.5 Å². The lowest BCUT2D eigenvalue weighted by atomic mass is 10.1. The number of hydrogen-bond acceptors (Lipinski definition) is 2. The van der Waals surface area contributed by atoms with Crippen LogP contribution in [0.5, 0.6) is 0 Å². The summed E-state index contributed by atoms with van der Waals surface area (Å²) in [5.41, 5.74) is 4.54. The number of hydrogen-bond donors (Lipinski definition) is 1. The molecule has 31 heavy (non-hydrogen) atoms. The molecule has 0 saturated heterocycles. The first-order valence-corrected chi connectivity index (χ1v) is 10.2. The molecule has 1 N–H and O–H groups in total. The first-order valence-electron chi connectivity index (χ1n) is 9.86. The number of amides is 1. The number of nitrogens with zero attached hydrogens (tertiary/aromatic N) is 2. The molecule has 0 aliphatic heterocycles. The van der Waals surface area contributed by atoms with Crippen LogP contribution in [0.3, 0.4) is 0 Å². The Morgan fingerprint density at radius 1 is 1.10 bits per heavy atom. The van der Waals surface area contributed by atoms with Gasteiger partial charge in [-0.3, -0.25) is 4.79 Å². The van der Waals surface area contributed by atoms with Gasteiger partial charge in [-0.1, -0.05) is 60.1 Å². The van der Waals surface area contributed by atoms with Gasteiger partial charge in [0.2, 0.25) is 0 Å². The highest BCUT2D eigenvalue weighted by Crippen LogP contribution is 2.26. The Balaban J connectivity index is 1.70. The summed E-state index contributed by atoms with van der Waals surface area (Å²) in [4.78, 5) is 12.7. The molecule has 0 aliphatic carbocycles. The number of carbonyl (C=O) groups is 1. The number of aryl methyl sites for hydroxylation is 1. The third kappa shape index (κ3) is 4.53. The molecule has 4 nitrogen and oxygen atoms in total. The summed E-state index contributed by atoms with van der Waals surface area (Å²) in [5, 5.41) is 14.1. The highest BCUT2D eigenvalue weighted by Gasteiger charge is 2.13. The van der Waals surface area contributed by atoms with Gasteiger partial charge in [0, 0.05) is 39.9 Å². The molecular formula is C26H20ClN3O. The molecule has 1 aromatic heterocycles. The van der Waals surface area contributed by atoms with Crippen molar-refractivity contribution in [3.05, 3.63) is 106 Å². The highest BCUT2D eigenvalue weighted by atomic mass is 35.5. The highest BCUT2D eigenvalue weighted by molar-refractivity contribution is 6.31. The van der Waals surface area contributed by atoms with Crippen molar-refractivity contribution in [1.82, 2.24) is 4.57 Å². The van der Waals surface area contributed by atoms with Crippen LogP contribution in [0.4, 0.5) is 5.69 Å². The molecule has 5 heteroatoms. The van der Waals surface area contributed by atoms with E-state index in [1.165, 1.54) is 0 Å². The van der Waals surface area contributed by atoms with E-state index in [0.29, 0.717) is 17.3 Å². The summed E-state index contributed by atoms with van der Waals surface area (Å²) in [6.07, 6.45) is 3.59. The van der Waals surface area contributed by atoms with Gasteiger partial charge in [0.25, 0.3) is 5.91 Å². The Kier molecular flexibility index (Phi) is 5.88. The summed E-state index contributed by atoms with van der Waals surface area (Å²) in [5.74, 6) is -0.434. The fourth-order valence-electron chi connectivity index (χ4n) is 3.56. The Hall–Kier alpha value is -3.81. The van der Waals surface area contributed by atoms with Gasteiger partial charge in [-0.05, 0) is 48.4 Å². The molecule has 0 atom stereocenters. The molecule has 3 aromatic carbocycles. The molecule has 0 bridgehead atoms. The standard InChI is InChI=1S/C26H20ClN3O/c1-18-7-6-9-22(13-18)29-26(31)20(15-28)14-21-17-30(25-12-5-3-10-23(21)25)16-19-8-2-4-11-24(19)27/h2-14,17H,16H2,1H3,(H,29,31)/b20-14+. The lowest BCUT2D eigenvalue weighted by molar-refractivity contribution is -0.112. The molecule has 0 unspecified atom stereocenters. The van der Waals surface area contributed by atoms with E-state index in [9.17, 15) is 10.1 Å². The predicted molar refractivity (Wildman–Crippen MR) is 126 cm³/mol. The topological polar surface area (TPSA) is 57.8 Å². The third-order valence-electron chi connectivity index (χ3n) is 5.06. The van der Waals surface area contributed by atoms with Crippen LogP contribution >= 0.6 is 11.6 Å². The van der Waals surface area contributed by atoms with E-state index in [0.717, 1.165) is 27.6 Å². The Morgan fingerprint density at radius 2 is 1.87 bits per heavy atom. The van der Waals surface area contributed by atoms with E-state index in [4.69, 9.17) is 11.6 Å². The van der Waals surface area contributed by atoms with E-state index in [-0.39, 0.29) is 5.57 Å². The van der Waals surface area contributed by atoms with Gasteiger partial charge in [0.15, 0.2) is 0 Å². The van der Waals surface area contributed by atoms with Crippen LogP contribution in [0.1, 0.15) is 16.7 Å². The molecular weight excluding hydrogens is 406 g/mol. The Bertz CT molecular complexity index is 1340. The quantitative estimate of drug-likeness (QED) is 0.306. The van der Waals surface area contributed by atoms with Crippen LogP contribution in [-0.2, 0) is 11.3 Å². The normalized spacial score (nSPS) is 11.3. The van der Waals surface area contributed by atoms with Crippen molar-refractivity contribution in [3.63, 3.8) is 0 Å². The zero-order chi connectivity index (χ0) is 21.8. The van der Waals surface area contributed by atoms with Gasteiger partial charge < -0.3 is 9.88 Å². The minimum atomic E-state index is -0.434. The largest absolute Gasteiger partial charge is 0.342 e. The molecule has 4 rings (SSSR count). The maximum Gasteiger partial charge on any atom is 0.266 e. The van der Waals surface area contributed by atoms with Crippen molar-refractivity contribution in [2.45, 2.75) is 13.5 Å². The summed E-state index contributed by atoms with van der Waals surface area (Å²) >= 11 is 6.35. The van der Waals surface area contributed by atoms with E-state index >= 15 is 0 Å². The first kappa shape index (κ1) is 20.5. The lowest BCUT2D eigenvalue weighted by Crippen LogP contribution is -2.13. The van der Waals surface area contributed by atoms with Gasteiger partial charge in [-0.2, -0.15) is 5.26 Å². The fraction of sp³-hybridized carbons (Fsp3) is 0.0769. The second-order valence-electron chi connectivity index (χ2n) is 7.31. The number of rotatable bonds is 5. The molecule has 1 heterocycles. The molecule has 0 spiro atoms. The smallest absolute Gasteiger partial charge is 0.266 e. The van der Waals surface area contributed by atoms with Gasteiger partial charge in [0.1, 0.15) is 11.6 Å². The zero-order valence-corrected chi connectivity index (χ0v) is 17.7. The molecule has 0 fully saturated rings. The predicted octanol–water partition coefficient (Wildman–Crippen LogP) is 6.20. The number of aromatic nitrogens is 1. The average Bonchev–Trinajstić information content (AvgIpc) is 3.11. The minimum absolute atomic E-state index is 0.0437. The van der Waals surface area contributed by atoms with E-state index in [2.05, 4.69) is 9.88 Å². The maximum atomic E-state index is 12.7.